The molecule has 4 aromatic rings. The van der Waals surface area contributed by atoms with Gasteiger partial charge in [0.1, 0.15) is 5.56 Å². The molecular weight excluding hydrogens is 390 g/mol. The van der Waals surface area contributed by atoms with E-state index in [1.807, 2.05) is 31.4 Å². The van der Waals surface area contributed by atoms with Gasteiger partial charge in [0.05, 0.1) is 47.5 Å². The van der Waals surface area contributed by atoms with Gasteiger partial charge in [0.25, 0.3) is 0 Å². The lowest BCUT2D eigenvalue weighted by molar-refractivity contribution is 0.0603. The van der Waals surface area contributed by atoms with Crippen LogP contribution in [0, 0.1) is 0 Å². The second-order valence-corrected chi connectivity index (χ2v) is 8.48. The minimum absolute atomic E-state index is 0.383. The Morgan fingerprint density at radius 3 is 2.71 bits per heavy atom. The molecule has 0 bridgehead atoms. The van der Waals surface area contributed by atoms with Crippen molar-refractivity contribution in [2.24, 2.45) is 0 Å². The van der Waals surface area contributed by atoms with Crippen molar-refractivity contribution in [2.45, 2.75) is 38.1 Å². The van der Waals surface area contributed by atoms with Crippen LogP contribution in [0.5, 0.6) is 0 Å². The molecule has 1 N–H and O–H groups in total. The zero-order valence-corrected chi connectivity index (χ0v) is 18.2. The topological polar surface area (TPSA) is 76.0 Å². The van der Waals surface area contributed by atoms with Crippen LogP contribution in [0.4, 0.5) is 5.69 Å². The van der Waals surface area contributed by atoms with E-state index >= 15 is 0 Å². The van der Waals surface area contributed by atoms with Gasteiger partial charge >= 0.3 is 5.97 Å². The van der Waals surface area contributed by atoms with Crippen LogP contribution in [0.15, 0.2) is 36.9 Å². The smallest absolute Gasteiger partial charge is 0.342 e. The Kier molecular flexibility index (Phi) is 4.88. The molecule has 31 heavy (non-hydrogen) atoms. The van der Waals surface area contributed by atoms with E-state index in [-0.39, 0.29) is 5.97 Å². The van der Waals surface area contributed by atoms with E-state index in [1.165, 1.54) is 44.7 Å². The Morgan fingerprint density at radius 2 is 1.97 bits per heavy atom. The van der Waals surface area contributed by atoms with Gasteiger partial charge in [0.15, 0.2) is 0 Å². The molecule has 2 aromatic carbocycles. The molecule has 0 amide bonds. The fourth-order valence-electron chi connectivity index (χ4n) is 4.83. The Bertz CT molecular complexity index is 1260. The number of carbonyl (C=O) groups is 1. The Hall–Kier alpha value is -3.35. The van der Waals surface area contributed by atoms with Crippen molar-refractivity contribution < 1.29 is 9.53 Å². The largest absolute Gasteiger partial charge is 0.465 e. The quantitative estimate of drug-likeness (QED) is 0.476. The van der Waals surface area contributed by atoms with Crippen LogP contribution in [0.1, 0.15) is 48.5 Å². The summed E-state index contributed by atoms with van der Waals surface area (Å²) in [7, 11) is 5.24. The first kappa shape index (κ1) is 19.6. The average Bonchev–Trinajstić information content (AvgIpc) is 3.45. The highest BCUT2D eigenvalue weighted by Crippen LogP contribution is 2.37. The Labute approximate surface area is 181 Å². The standard InChI is InChI=1S/C24H27N5O2/c1-28(2)20-12-17(22-23(26-13-25-22)21(20)24(30)31-3)15-9-10-19-18(11-15)27-14-29(19)16-7-5-4-6-8-16/h9-14,16H,4-8H2,1-3H3,(H,25,26). The summed E-state index contributed by atoms with van der Waals surface area (Å²) in [6.07, 6.45) is 9.97. The summed E-state index contributed by atoms with van der Waals surface area (Å²) in [5, 5.41) is 0. The van der Waals surface area contributed by atoms with E-state index < -0.39 is 0 Å². The summed E-state index contributed by atoms with van der Waals surface area (Å²) in [6, 6.07) is 8.96. The SMILES string of the molecule is COC(=O)c1c(N(C)C)cc(-c2ccc3c(c2)ncn3C2CCCCC2)c2nc[nH]c12. The monoisotopic (exact) mass is 417 g/mol. The molecule has 0 atom stereocenters. The molecule has 2 aromatic heterocycles. The fraction of sp³-hybridized carbons (Fsp3) is 0.375. The van der Waals surface area contributed by atoms with E-state index in [1.54, 1.807) is 6.33 Å². The number of hydrogen-bond donors (Lipinski definition) is 1. The first-order chi connectivity index (χ1) is 15.1. The molecule has 1 saturated carbocycles. The molecule has 1 fully saturated rings. The molecule has 0 radical (unpaired) electrons. The summed E-state index contributed by atoms with van der Waals surface area (Å²) in [4.78, 5) is 26.8. The summed E-state index contributed by atoms with van der Waals surface area (Å²) in [5.41, 5.74) is 6.85. The number of aromatic nitrogens is 4. The predicted octanol–water partition coefficient (Wildman–Crippen LogP) is 4.94. The summed E-state index contributed by atoms with van der Waals surface area (Å²) < 4.78 is 7.38. The number of hydrogen-bond acceptors (Lipinski definition) is 5. The predicted molar refractivity (Wildman–Crippen MR) is 123 cm³/mol. The van der Waals surface area contributed by atoms with Crippen molar-refractivity contribution in [3.05, 3.63) is 42.5 Å². The number of benzene rings is 2. The second kappa shape index (κ2) is 7.72. The Balaban J connectivity index is 1.65. The van der Waals surface area contributed by atoms with Crippen LogP contribution in [0.3, 0.4) is 0 Å². The van der Waals surface area contributed by atoms with Gasteiger partial charge in [0, 0.05) is 25.7 Å². The molecule has 7 heteroatoms. The highest BCUT2D eigenvalue weighted by atomic mass is 16.5. The number of methoxy groups -OCH3 is 1. The highest BCUT2D eigenvalue weighted by Gasteiger charge is 2.23. The van der Waals surface area contributed by atoms with Crippen molar-refractivity contribution in [3.63, 3.8) is 0 Å². The minimum atomic E-state index is -0.383. The third kappa shape index (κ3) is 3.24. The van der Waals surface area contributed by atoms with Crippen LogP contribution in [0.2, 0.25) is 0 Å². The van der Waals surface area contributed by atoms with Crippen LogP contribution in [0.25, 0.3) is 33.2 Å². The van der Waals surface area contributed by atoms with Gasteiger partial charge in [-0.3, -0.25) is 0 Å². The van der Waals surface area contributed by atoms with Crippen molar-refractivity contribution in [2.75, 3.05) is 26.1 Å². The number of aromatic amines is 1. The molecular formula is C24H27N5O2. The average molecular weight is 418 g/mol. The molecule has 0 saturated heterocycles. The summed E-state index contributed by atoms with van der Waals surface area (Å²) in [5.74, 6) is -0.383. The summed E-state index contributed by atoms with van der Waals surface area (Å²) >= 11 is 0. The van der Waals surface area contributed by atoms with Crippen LogP contribution in [-0.4, -0.2) is 46.7 Å². The first-order valence-electron chi connectivity index (χ1n) is 10.8. The zero-order valence-electron chi connectivity index (χ0n) is 18.2. The molecule has 160 valence electrons. The van der Waals surface area contributed by atoms with Crippen LogP contribution in [-0.2, 0) is 4.74 Å². The summed E-state index contributed by atoms with van der Waals surface area (Å²) in [6.45, 7) is 0. The van der Waals surface area contributed by atoms with E-state index in [4.69, 9.17) is 9.72 Å². The van der Waals surface area contributed by atoms with Gasteiger partial charge in [-0.1, -0.05) is 25.3 Å². The number of fused-ring (bicyclic) bond motifs is 2. The molecule has 7 nitrogen and oxygen atoms in total. The number of imidazole rings is 2. The van der Waals surface area contributed by atoms with Crippen LogP contribution >= 0.6 is 0 Å². The van der Waals surface area contributed by atoms with Gasteiger partial charge in [-0.25, -0.2) is 14.8 Å². The molecule has 1 aliphatic rings. The number of nitrogens with one attached hydrogen (secondary N) is 1. The number of rotatable bonds is 4. The first-order valence-corrected chi connectivity index (χ1v) is 10.8. The van der Waals surface area contributed by atoms with Crippen LogP contribution < -0.4 is 4.90 Å². The van der Waals surface area contributed by atoms with E-state index in [0.29, 0.717) is 17.1 Å². The molecule has 1 aliphatic carbocycles. The van der Waals surface area contributed by atoms with Gasteiger partial charge in [-0.2, -0.15) is 0 Å². The lowest BCUT2D eigenvalue weighted by Crippen LogP contribution is -2.15. The fourth-order valence-corrected chi connectivity index (χ4v) is 4.83. The normalized spacial score (nSPS) is 14.9. The van der Waals surface area contributed by atoms with E-state index in [0.717, 1.165) is 27.8 Å². The minimum Gasteiger partial charge on any atom is -0.465 e. The lowest BCUT2D eigenvalue weighted by atomic mass is 9.95. The van der Waals surface area contributed by atoms with Gasteiger partial charge < -0.3 is 19.2 Å². The molecule has 5 rings (SSSR count). The lowest BCUT2D eigenvalue weighted by Gasteiger charge is -2.23. The molecule has 0 aliphatic heterocycles. The van der Waals surface area contributed by atoms with E-state index in [2.05, 4.69) is 32.7 Å². The number of ether oxygens (including phenoxy) is 1. The number of carbonyl (C=O) groups excluding carboxylic acids is 1. The highest BCUT2D eigenvalue weighted by molar-refractivity contribution is 6.11. The maximum atomic E-state index is 12.5. The van der Waals surface area contributed by atoms with Crippen molar-refractivity contribution in [1.82, 2.24) is 19.5 Å². The second-order valence-electron chi connectivity index (χ2n) is 8.48. The van der Waals surface area contributed by atoms with Crippen molar-refractivity contribution >= 4 is 33.7 Å². The molecule has 0 spiro atoms. The zero-order chi connectivity index (χ0) is 21.5. The van der Waals surface area contributed by atoms with Gasteiger partial charge in [-0.05, 0) is 36.6 Å². The third-order valence-corrected chi connectivity index (χ3v) is 6.41. The molecule has 0 unspecified atom stereocenters. The maximum Gasteiger partial charge on any atom is 0.342 e. The number of anilines is 1. The number of esters is 1. The number of H-pyrrole nitrogens is 1. The van der Waals surface area contributed by atoms with Crippen molar-refractivity contribution in [1.29, 1.82) is 0 Å². The maximum absolute atomic E-state index is 12.5. The number of nitrogens with zero attached hydrogens (tertiary/aromatic N) is 4. The third-order valence-electron chi connectivity index (χ3n) is 6.41. The Morgan fingerprint density at radius 1 is 1.16 bits per heavy atom. The van der Waals surface area contributed by atoms with Gasteiger partial charge in [-0.15, -0.1) is 0 Å². The molecule has 2 heterocycles. The van der Waals surface area contributed by atoms with Gasteiger partial charge in [0.2, 0.25) is 0 Å². The van der Waals surface area contributed by atoms with E-state index in [9.17, 15) is 4.79 Å². The van der Waals surface area contributed by atoms with Crippen molar-refractivity contribution in [3.8, 4) is 11.1 Å².